The maximum absolute atomic E-state index is 10.7. The largest absolute Gasteiger partial charge is 0.489 e. The lowest BCUT2D eigenvalue weighted by molar-refractivity contribution is 0.112. The van der Waals surface area contributed by atoms with Gasteiger partial charge in [-0.25, -0.2) is 4.98 Å². The zero-order valence-corrected chi connectivity index (χ0v) is 17.2. The second-order valence-corrected chi connectivity index (χ2v) is 7.43. The van der Waals surface area contributed by atoms with Gasteiger partial charge in [-0.2, -0.15) is 0 Å². The Balaban J connectivity index is 1.43. The van der Waals surface area contributed by atoms with Crippen LogP contribution in [-0.2, 0) is 13.0 Å². The highest BCUT2D eigenvalue weighted by molar-refractivity contribution is 6.30. The van der Waals surface area contributed by atoms with Crippen molar-refractivity contribution in [2.75, 3.05) is 0 Å². The summed E-state index contributed by atoms with van der Waals surface area (Å²) in [6.07, 6.45) is 1.41. The minimum Gasteiger partial charge on any atom is -0.489 e. The second kappa shape index (κ2) is 8.97. The number of aldehydes is 1. The first-order valence-corrected chi connectivity index (χ1v) is 9.96. The summed E-state index contributed by atoms with van der Waals surface area (Å²) < 4.78 is 11.6. The van der Waals surface area contributed by atoms with E-state index in [1.54, 1.807) is 24.3 Å². The number of hydrogen-bond donors (Lipinski definition) is 0. The molecule has 0 unspecified atom stereocenters. The lowest BCUT2D eigenvalue weighted by atomic mass is 10.1. The third-order valence-electron chi connectivity index (χ3n) is 4.73. The average Bonchev–Trinajstić information content (AvgIpc) is 3.13. The number of nitrogens with zero attached hydrogens (tertiary/aromatic N) is 1. The number of carbonyl (C=O) groups is 1. The standard InChI is InChI=1S/C25H20ClNO3/c1-17-25(27-24(30-17)14-20-3-2-4-22(26)13-20)21-9-5-19(6-10-21)16-29-23-11-7-18(15-28)8-12-23/h2-13,15H,14,16H2,1H3. The summed E-state index contributed by atoms with van der Waals surface area (Å²) in [4.78, 5) is 15.4. The normalized spacial score (nSPS) is 10.7. The molecule has 1 heterocycles. The fourth-order valence-electron chi connectivity index (χ4n) is 3.18. The Morgan fingerprint density at radius 1 is 1.00 bits per heavy atom. The Morgan fingerprint density at radius 2 is 1.77 bits per heavy atom. The number of aryl methyl sites for hydroxylation is 1. The first-order chi connectivity index (χ1) is 14.6. The third kappa shape index (κ3) is 4.78. The van der Waals surface area contributed by atoms with Crippen molar-refractivity contribution in [3.63, 3.8) is 0 Å². The van der Waals surface area contributed by atoms with Gasteiger partial charge in [0.25, 0.3) is 0 Å². The molecule has 1 aromatic heterocycles. The van der Waals surface area contributed by atoms with Gasteiger partial charge in [-0.05, 0) is 54.4 Å². The summed E-state index contributed by atoms with van der Waals surface area (Å²) in [5.41, 5.74) is 4.56. The highest BCUT2D eigenvalue weighted by atomic mass is 35.5. The topological polar surface area (TPSA) is 52.3 Å². The fraction of sp³-hybridized carbons (Fsp3) is 0.120. The monoisotopic (exact) mass is 417 g/mol. The smallest absolute Gasteiger partial charge is 0.199 e. The molecule has 0 aliphatic rings. The van der Waals surface area contributed by atoms with Crippen LogP contribution in [0.25, 0.3) is 11.3 Å². The Morgan fingerprint density at radius 3 is 2.47 bits per heavy atom. The SMILES string of the molecule is Cc1oc(Cc2cccc(Cl)c2)nc1-c1ccc(COc2ccc(C=O)cc2)cc1. The van der Waals surface area contributed by atoms with Crippen LogP contribution in [-0.4, -0.2) is 11.3 Å². The zero-order valence-electron chi connectivity index (χ0n) is 16.5. The Kier molecular flexibility index (Phi) is 5.96. The number of oxazole rings is 1. The number of halogens is 1. The fourth-order valence-corrected chi connectivity index (χ4v) is 3.40. The lowest BCUT2D eigenvalue weighted by Crippen LogP contribution is -1.95. The van der Waals surface area contributed by atoms with Crippen LogP contribution in [0.2, 0.25) is 5.02 Å². The van der Waals surface area contributed by atoms with E-state index >= 15 is 0 Å². The molecular weight excluding hydrogens is 398 g/mol. The van der Waals surface area contributed by atoms with Crippen LogP contribution in [0.4, 0.5) is 0 Å². The van der Waals surface area contributed by atoms with E-state index in [2.05, 4.69) is 4.98 Å². The maximum atomic E-state index is 10.7. The molecule has 4 aromatic rings. The number of hydrogen-bond acceptors (Lipinski definition) is 4. The molecule has 30 heavy (non-hydrogen) atoms. The van der Waals surface area contributed by atoms with Crippen LogP contribution in [0.5, 0.6) is 5.75 Å². The summed E-state index contributed by atoms with van der Waals surface area (Å²) in [6, 6.07) is 22.8. The van der Waals surface area contributed by atoms with E-state index < -0.39 is 0 Å². The van der Waals surface area contributed by atoms with Crippen molar-refractivity contribution < 1.29 is 13.9 Å². The zero-order chi connectivity index (χ0) is 20.9. The molecule has 0 atom stereocenters. The summed E-state index contributed by atoms with van der Waals surface area (Å²) in [6.45, 7) is 2.36. The van der Waals surface area contributed by atoms with Crippen molar-refractivity contribution in [3.8, 4) is 17.0 Å². The molecule has 0 bridgehead atoms. The molecular formula is C25H20ClNO3. The Hall–Kier alpha value is -3.37. The highest BCUT2D eigenvalue weighted by Crippen LogP contribution is 2.26. The molecule has 150 valence electrons. The van der Waals surface area contributed by atoms with Gasteiger partial charge >= 0.3 is 0 Å². The lowest BCUT2D eigenvalue weighted by Gasteiger charge is -2.07. The molecule has 0 amide bonds. The molecule has 0 spiro atoms. The molecule has 0 fully saturated rings. The van der Waals surface area contributed by atoms with Gasteiger partial charge in [0.2, 0.25) is 0 Å². The van der Waals surface area contributed by atoms with Crippen molar-refractivity contribution in [2.24, 2.45) is 0 Å². The molecule has 4 nitrogen and oxygen atoms in total. The van der Waals surface area contributed by atoms with Crippen molar-refractivity contribution in [1.82, 2.24) is 4.98 Å². The Bertz CT molecular complexity index is 1150. The van der Waals surface area contributed by atoms with E-state index in [-0.39, 0.29) is 0 Å². The van der Waals surface area contributed by atoms with Crippen LogP contribution in [0.3, 0.4) is 0 Å². The average molecular weight is 418 g/mol. The minimum absolute atomic E-state index is 0.443. The number of benzene rings is 3. The van der Waals surface area contributed by atoms with E-state index in [1.807, 2.05) is 55.5 Å². The van der Waals surface area contributed by atoms with Crippen LogP contribution in [0, 0.1) is 6.92 Å². The second-order valence-electron chi connectivity index (χ2n) is 6.99. The van der Waals surface area contributed by atoms with Crippen LogP contribution < -0.4 is 4.74 Å². The van der Waals surface area contributed by atoms with E-state index in [1.165, 1.54) is 0 Å². The van der Waals surface area contributed by atoms with E-state index in [4.69, 9.17) is 20.8 Å². The summed E-state index contributed by atoms with van der Waals surface area (Å²) in [7, 11) is 0. The highest BCUT2D eigenvalue weighted by Gasteiger charge is 2.12. The van der Waals surface area contributed by atoms with Crippen LogP contribution in [0.15, 0.2) is 77.2 Å². The van der Waals surface area contributed by atoms with Gasteiger partial charge in [0.1, 0.15) is 30.1 Å². The van der Waals surface area contributed by atoms with Crippen LogP contribution >= 0.6 is 11.6 Å². The van der Waals surface area contributed by atoms with Crippen molar-refractivity contribution in [2.45, 2.75) is 20.0 Å². The summed E-state index contributed by atoms with van der Waals surface area (Å²) in [5.74, 6) is 2.17. The van der Waals surface area contributed by atoms with Gasteiger partial charge in [0.15, 0.2) is 5.89 Å². The molecule has 0 aliphatic carbocycles. The summed E-state index contributed by atoms with van der Waals surface area (Å²) in [5, 5.41) is 0.702. The van der Waals surface area contributed by atoms with Crippen molar-refractivity contribution in [1.29, 1.82) is 0 Å². The molecule has 5 heteroatoms. The molecule has 0 saturated carbocycles. The molecule has 4 rings (SSSR count). The third-order valence-corrected chi connectivity index (χ3v) is 4.97. The molecule has 0 N–H and O–H groups in total. The van der Waals surface area contributed by atoms with Crippen molar-refractivity contribution >= 4 is 17.9 Å². The molecule has 0 aliphatic heterocycles. The van der Waals surface area contributed by atoms with E-state index in [9.17, 15) is 4.79 Å². The maximum Gasteiger partial charge on any atom is 0.199 e. The van der Waals surface area contributed by atoms with Gasteiger partial charge in [-0.1, -0.05) is 48.0 Å². The Labute approximate surface area is 180 Å². The minimum atomic E-state index is 0.443. The molecule has 3 aromatic carbocycles. The van der Waals surface area contributed by atoms with Gasteiger partial charge in [-0.3, -0.25) is 4.79 Å². The van der Waals surface area contributed by atoms with Gasteiger partial charge < -0.3 is 9.15 Å². The van der Waals surface area contributed by atoms with Crippen LogP contribution in [0.1, 0.15) is 33.1 Å². The summed E-state index contributed by atoms with van der Waals surface area (Å²) >= 11 is 6.06. The first kappa shape index (κ1) is 19.9. The quantitative estimate of drug-likeness (QED) is 0.332. The van der Waals surface area contributed by atoms with Crippen molar-refractivity contribution in [3.05, 3.63) is 106 Å². The first-order valence-electron chi connectivity index (χ1n) is 9.59. The number of aromatic nitrogens is 1. The van der Waals surface area contributed by atoms with E-state index in [0.717, 1.165) is 40.2 Å². The van der Waals surface area contributed by atoms with Gasteiger partial charge in [-0.15, -0.1) is 0 Å². The molecule has 0 saturated heterocycles. The predicted octanol–water partition coefficient (Wildman–Crippen LogP) is 6.29. The number of carbonyl (C=O) groups excluding carboxylic acids is 1. The van der Waals surface area contributed by atoms with Gasteiger partial charge in [0, 0.05) is 22.6 Å². The van der Waals surface area contributed by atoms with Gasteiger partial charge in [0.05, 0.1) is 0 Å². The number of rotatable bonds is 7. The molecule has 0 radical (unpaired) electrons. The number of ether oxygens (including phenoxy) is 1. The predicted molar refractivity (Wildman–Crippen MR) is 117 cm³/mol. The van der Waals surface area contributed by atoms with E-state index in [0.29, 0.717) is 29.5 Å².